The lowest BCUT2D eigenvalue weighted by atomic mass is 9.66. The second kappa shape index (κ2) is 8.98. The fourth-order valence-corrected chi connectivity index (χ4v) is 5.13. The molecule has 2 aromatic carbocycles. The van der Waals surface area contributed by atoms with Crippen LogP contribution in [-0.4, -0.2) is 21.9 Å². The average molecular weight is 441 g/mol. The maximum Gasteiger partial charge on any atom is 0.279 e. The van der Waals surface area contributed by atoms with Gasteiger partial charge in [-0.05, 0) is 36.8 Å². The van der Waals surface area contributed by atoms with Gasteiger partial charge in [0.05, 0.1) is 0 Å². The highest BCUT2D eigenvalue weighted by molar-refractivity contribution is 5.30. The third kappa shape index (κ3) is 4.39. The number of piperidine rings is 1. The van der Waals surface area contributed by atoms with E-state index in [-0.39, 0.29) is 9.85 Å². The number of nitro groups is 2. The van der Waals surface area contributed by atoms with Crippen molar-refractivity contribution in [3.8, 4) is 0 Å². The first-order valence-corrected chi connectivity index (χ1v) is 11.3. The van der Waals surface area contributed by atoms with Crippen LogP contribution in [-0.2, 0) is 0 Å². The van der Waals surface area contributed by atoms with E-state index < -0.39 is 29.6 Å². The number of benzene rings is 2. The monoisotopic (exact) mass is 440 g/mol. The second-order valence-corrected chi connectivity index (χ2v) is 10.2. The Morgan fingerprint density at radius 3 is 1.28 bits per heavy atom. The minimum atomic E-state index is -1.15. The summed E-state index contributed by atoms with van der Waals surface area (Å²) < 4.78 is 0. The lowest BCUT2D eigenvalue weighted by molar-refractivity contribution is -0.818. The van der Waals surface area contributed by atoms with Gasteiger partial charge in [-0.3, -0.25) is 20.2 Å². The molecule has 1 aliphatic heterocycles. The quantitative estimate of drug-likeness (QED) is 0.523. The molecule has 2 N–H and O–H groups in total. The standard InChI is InChI=1S/C25H33N3O4/c1-15(2)17-7-11-19(12-8-17)21-23(27(29)30)25(5,6)24(28(31)32)22(26-21)20-13-9-18(10-14-20)16(3)4/h7-16,21-24,26H,1-6H3/p+1/t21-,22-,23-,24+/m0/s1. The molecule has 4 atom stereocenters. The summed E-state index contributed by atoms with van der Waals surface area (Å²) in [4.78, 5) is 23.8. The molecule has 0 unspecified atom stereocenters. The van der Waals surface area contributed by atoms with Gasteiger partial charge in [-0.2, -0.15) is 0 Å². The van der Waals surface area contributed by atoms with Gasteiger partial charge in [-0.25, -0.2) is 0 Å². The van der Waals surface area contributed by atoms with E-state index in [2.05, 4.69) is 27.7 Å². The molecule has 1 fully saturated rings. The van der Waals surface area contributed by atoms with Crippen molar-refractivity contribution in [2.75, 3.05) is 0 Å². The Balaban J connectivity index is 2.10. The summed E-state index contributed by atoms with van der Waals surface area (Å²) in [5.74, 6) is 0.710. The van der Waals surface area contributed by atoms with Crippen LogP contribution < -0.4 is 5.32 Å². The molecular formula is C25H34N3O4+. The highest BCUT2D eigenvalue weighted by Gasteiger charge is 2.65. The Morgan fingerprint density at radius 1 is 0.719 bits per heavy atom. The van der Waals surface area contributed by atoms with E-state index in [9.17, 15) is 20.2 Å². The van der Waals surface area contributed by atoms with Gasteiger partial charge >= 0.3 is 0 Å². The largest absolute Gasteiger partial charge is 0.322 e. The first kappa shape index (κ1) is 23.9. The highest BCUT2D eigenvalue weighted by atomic mass is 16.6. The van der Waals surface area contributed by atoms with E-state index in [1.54, 1.807) is 13.8 Å². The van der Waals surface area contributed by atoms with Crippen molar-refractivity contribution in [3.63, 3.8) is 0 Å². The molecule has 32 heavy (non-hydrogen) atoms. The summed E-state index contributed by atoms with van der Waals surface area (Å²) in [6, 6.07) is 12.6. The van der Waals surface area contributed by atoms with Gasteiger partial charge in [0.1, 0.15) is 5.41 Å². The van der Waals surface area contributed by atoms with E-state index in [4.69, 9.17) is 0 Å². The summed E-state index contributed by atoms with van der Waals surface area (Å²) >= 11 is 0. The number of rotatable bonds is 6. The van der Waals surface area contributed by atoms with Gasteiger partial charge in [0.2, 0.25) is 0 Å². The minimum absolute atomic E-state index is 0.327. The Kier molecular flexibility index (Phi) is 6.69. The van der Waals surface area contributed by atoms with Crippen molar-refractivity contribution in [1.29, 1.82) is 0 Å². The lowest BCUT2D eigenvalue weighted by Crippen LogP contribution is -2.96. The predicted molar refractivity (Wildman–Crippen MR) is 124 cm³/mol. The number of quaternary nitrogens is 1. The smallest absolute Gasteiger partial charge is 0.279 e. The van der Waals surface area contributed by atoms with Crippen LogP contribution in [0.5, 0.6) is 0 Å². The maximum absolute atomic E-state index is 12.2. The molecule has 3 rings (SSSR count). The highest BCUT2D eigenvalue weighted by Crippen LogP contribution is 2.43. The van der Waals surface area contributed by atoms with Crippen LogP contribution in [0.3, 0.4) is 0 Å². The van der Waals surface area contributed by atoms with E-state index in [1.807, 2.05) is 53.8 Å². The van der Waals surface area contributed by atoms with Crippen LogP contribution in [0.2, 0.25) is 0 Å². The number of nitrogens with zero attached hydrogens (tertiary/aromatic N) is 2. The summed E-state index contributed by atoms with van der Waals surface area (Å²) in [6.07, 6.45) is 0. The van der Waals surface area contributed by atoms with Gasteiger partial charge < -0.3 is 5.32 Å². The molecule has 0 saturated carbocycles. The topological polar surface area (TPSA) is 103 Å². The zero-order chi connectivity index (χ0) is 23.8. The first-order chi connectivity index (χ1) is 14.9. The van der Waals surface area contributed by atoms with E-state index in [0.717, 1.165) is 22.3 Å². The molecule has 0 radical (unpaired) electrons. The predicted octanol–water partition coefficient (Wildman–Crippen LogP) is 4.61. The van der Waals surface area contributed by atoms with E-state index >= 15 is 0 Å². The van der Waals surface area contributed by atoms with Crippen molar-refractivity contribution in [2.45, 2.75) is 77.5 Å². The lowest BCUT2D eigenvalue weighted by Gasteiger charge is -2.41. The zero-order valence-corrected chi connectivity index (χ0v) is 19.7. The average Bonchev–Trinajstić information content (AvgIpc) is 2.71. The summed E-state index contributed by atoms with van der Waals surface area (Å²) in [5.41, 5.74) is 2.82. The van der Waals surface area contributed by atoms with Gasteiger partial charge in [0.15, 0.2) is 12.1 Å². The van der Waals surface area contributed by atoms with Crippen LogP contribution in [0.25, 0.3) is 0 Å². The van der Waals surface area contributed by atoms with Gasteiger partial charge in [-0.15, -0.1) is 0 Å². The SMILES string of the molecule is CC(C)c1ccc([C@@H]2[NH2+][C@@H](c3ccc(C(C)C)cc3)[C@@H]([N+](=O)[O-])C(C)(C)[C@H]2[N+](=O)[O-])cc1. The fourth-order valence-electron chi connectivity index (χ4n) is 5.13. The number of nitrogens with two attached hydrogens (primary N) is 1. The van der Waals surface area contributed by atoms with Crippen LogP contribution in [0.1, 0.15) is 87.7 Å². The van der Waals surface area contributed by atoms with Gasteiger partial charge in [-0.1, -0.05) is 76.2 Å². The molecular weight excluding hydrogens is 406 g/mol. The second-order valence-electron chi connectivity index (χ2n) is 10.2. The third-order valence-electron chi connectivity index (χ3n) is 7.05. The van der Waals surface area contributed by atoms with E-state index in [0.29, 0.717) is 11.8 Å². The molecule has 0 aliphatic carbocycles. The minimum Gasteiger partial charge on any atom is -0.322 e. The molecule has 7 nitrogen and oxygen atoms in total. The first-order valence-electron chi connectivity index (χ1n) is 11.3. The van der Waals surface area contributed by atoms with Crippen LogP contribution in [0, 0.1) is 25.6 Å². The van der Waals surface area contributed by atoms with Crippen LogP contribution in [0.4, 0.5) is 0 Å². The summed E-state index contributed by atoms with van der Waals surface area (Å²) in [6.45, 7) is 11.7. The molecule has 7 heteroatoms. The summed E-state index contributed by atoms with van der Waals surface area (Å²) in [7, 11) is 0. The van der Waals surface area contributed by atoms with Crippen LogP contribution >= 0.6 is 0 Å². The third-order valence-corrected chi connectivity index (χ3v) is 7.05. The van der Waals surface area contributed by atoms with Crippen molar-refractivity contribution >= 4 is 0 Å². The molecule has 172 valence electrons. The molecule has 0 spiro atoms. The Labute approximate surface area is 189 Å². The van der Waals surface area contributed by atoms with Crippen molar-refractivity contribution in [3.05, 3.63) is 91.0 Å². The fraction of sp³-hybridized carbons (Fsp3) is 0.520. The van der Waals surface area contributed by atoms with Gasteiger partial charge in [0.25, 0.3) is 12.1 Å². The number of hydrogen-bond acceptors (Lipinski definition) is 4. The molecule has 0 aromatic heterocycles. The van der Waals surface area contributed by atoms with Crippen molar-refractivity contribution < 1.29 is 15.2 Å². The molecule has 2 aromatic rings. The molecule has 0 bridgehead atoms. The van der Waals surface area contributed by atoms with Gasteiger partial charge in [0, 0.05) is 21.0 Å². The Bertz CT molecular complexity index is 890. The Hall–Kier alpha value is -2.80. The van der Waals surface area contributed by atoms with Crippen LogP contribution in [0.15, 0.2) is 48.5 Å². The molecule has 1 aliphatic rings. The Morgan fingerprint density at radius 2 is 1.03 bits per heavy atom. The zero-order valence-electron chi connectivity index (χ0n) is 19.7. The van der Waals surface area contributed by atoms with E-state index in [1.165, 1.54) is 0 Å². The maximum atomic E-state index is 12.2. The normalized spacial score (nSPS) is 25.1. The summed E-state index contributed by atoms with van der Waals surface area (Å²) in [5, 5.41) is 26.3. The molecule has 1 saturated heterocycles. The van der Waals surface area contributed by atoms with Crippen molar-refractivity contribution in [2.24, 2.45) is 5.41 Å². The molecule has 1 heterocycles. The molecule has 0 amide bonds. The van der Waals surface area contributed by atoms with Crippen molar-refractivity contribution in [1.82, 2.24) is 0 Å². The number of hydrogen-bond donors (Lipinski definition) is 1.